The van der Waals surface area contributed by atoms with Crippen molar-refractivity contribution in [2.75, 3.05) is 14.2 Å². The molecular formula is C31H31NO8. The zero-order valence-corrected chi connectivity index (χ0v) is 22.7. The lowest BCUT2D eigenvalue weighted by atomic mass is 9.85. The molecule has 0 saturated carbocycles. The van der Waals surface area contributed by atoms with Gasteiger partial charge in [0.1, 0.15) is 24.2 Å². The summed E-state index contributed by atoms with van der Waals surface area (Å²) in [6, 6.07) is 22.8. The quantitative estimate of drug-likeness (QED) is 0.321. The number of methoxy groups -OCH3 is 2. The molecule has 3 aromatic rings. The van der Waals surface area contributed by atoms with Crippen LogP contribution in [-0.4, -0.2) is 48.4 Å². The third kappa shape index (κ3) is 5.93. The van der Waals surface area contributed by atoms with E-state index in [-0.39, 0.29) is 17.9 Å². The average Bonchev–Trinajstić information content (AvgIpc) is 2.97. The lowest BCUT2D eigenvalue weighted by Crippen LogP contribution is -2.51. The van der Waals surface area contributed by atoms with Gasteiger partial charge in [0.05, 0.1) is 31.8 Å². The van der Waals surface area contributed by atoms with Gasteiger partial charge in [-0.2, -0.15) is 0 Å². The maximum atomic E-state index is 13.7. The lowest BCUT2D eigenvalue weighted by molar-refractivity contribution is -0.142. The Bertz CT molecular complexity index is 1340. The molecule has 9 heteroatoms. The highest BCUT2D eigenvalue weighted by atomic mass is 16.7. The highest BCUT2D eigenvalue weighted by molar-refractivity contribution is 6.05. The smallest absolute Gasteiger partial charge is 0.497 e. The summed E-state index contributed by atoms with van der Waals surface area (Å²) in [5.41, 5.74) is 2.63. The largest absolute Gasteiger partial charge is 0.509 e. The van der Waals surface area contributed by atoms with Crippen molar-refractivity contribution in [2.45, 2.75) is 32.6 Å². The molecule has 0 saturated heterocycles. The number of benzene rings is 3. The van der Waals surface area contributed by atoms with Gasteiger partial charge in [-0.25, -0.2) is 4.79 Å². The summed E-state index contributed by atoms with van der Waals surface area (Å²) in [5.74, 6) is -1.34. The third-order valence-electron chi connectivity index (χ3n) is 6.77. The summed E-state index contributed by atoms with van der Waals surface area (Å²) in [4.78, 5) is 39.8. The maximum Gasteiger partial charge on any atom is 0.509 e. The van der Waals surface area contributed by atoms with E-state index in [4.69, 9.17) is 18.9 Å². The van der Waals surface area contributed by atoms with Gasteiger partial charge >= 0.3 is 12.1 Å². The normalized spacial score (nSPS) is 14.3. The molecule has 208 valence electrons. The highest BCUT2D eigenvalue weighted by Gasteiger charge is 2.48. The molecule has 0 spiro atoms. The van der Waals surface area contributed by atoms with Crippen LogP contribution in [0.3, 0.4) is 0 Å². The number of nitrogens with zero attached hydrogens (tertiary/aromatic N) is 1. The first-order valence-corrected chi connectivity index (χ1v) is 12.7. The van der Waals surface area contributed by atoms with Crippen molar-refractivity contribution in [2.24, 2.45) is 5.92 Å². The van der Waals surface area contributed by atoms with Crippen LogP contribution in [0.2, 0.25) is 0 Å². The Morgan fingerprint density at radius 1 is 0.825 bits per heavy atom. The van der Waals surface area contributed by atoms with Crippen LogP contribution in [0.4, 0.5) is 4.79 Å². The molecule has 9 nitrogen and oxygen atoms in total. The molecule has 0 aliphatic carbocycles. The second-order valence-electron chi connectivity index (χ2n) is 9.27. The number of hydrogen-bond acceptors (Lipinski definition) is 7. The summed E-state index contributed by atoms with van der Waals surface area (Å²) >= 11 is 0. The maximum absolute atomic E-state index is 13.7. The molecule has 0 aromatic heterocycles. The Labute approximate surface area is 232 Å². The minimum Gasteiger partial charge on any atom is -0.497 e. The van der Waals surface area contributed by atoms with Crippen LogP contribution >= 0.6 is 0 Å². The van der Waals surface area contributed by atoms with Gasteiger partial charge in [0.15, 0.2) is 0 Å². The zero-order valence-electron chi connectivity index (χ0n) is 22.7. The fraction of sp³-hybridized carbons (Fsp3) is 0.258. The number of hydrogen-bond donors (Lipinski definition) is 1. The number of rotatable bonds is 11. The molecule has 0 radical (unpaired) electrons. The number of carbonyl (C=O) groups excluding carboxylic acids is 2. The van der Waals surface area contributed by atoms with Gasteiger partial charge in [0.25, 0.3) is 5.91 Å². The van der Waals surface area contributed by atoms with Gasteiger partial charge in [0, 0.05) is 5.70 Å². The zero-order chi connectivity index (χ0) is 28.8. The number of carboxylic acids is 1. The van der Waals surface area contributed by atoms with Crippen molar-refractivity contribution in [1.82, 2.24) is 4.90 Å². The van der Waals surface area contributed by atoms with E-state index < -0.39 is 36.1 Å². The minimum atomic E-state index is -1.12. The first-order chi connectivity index (χ1) is 19.2. The summed E-state index contributed by atoms with van der Waals surface area (Å²) < 4.78 is 21.2. The van der Waals surface area contributed by atoms with Crippen LogP contribution in [0, 0.1) is 5.92 Å². The predicted molar refractivity (Wildman–Crippen MR) is 146 cm³/mol. The molecule has 1 heterocycles. The average molecular weight is 546 g/mol. The van der Waals surface area contributed by atoms with E-state index >= 15 is 0 Å². The van der Waals surface area contributed by atoms with Crippen LogP contribution in [0.1, 0.15) is 36.6 Å². The Hall–Kier alpha value is -4.79. The first kappa shape index (κ1) is 28.2. The monoisotopic (exact) mass is 545 g/mol. The van der Waals surface area contributed by atoms with Gasteiger partial charge in [-0.1, -0.05) is 54.6 Å². The standard InChI is InChI=1S/C31H31NO8/c1-19(30(34)35)27-26(20(2)40-31(36)39-18-21-8-6-5-7-9-21)29(33)32(27)28(22-10-14-24(37-3)15-11-22)23-12-16-25(38-4)17-13-23/h5-17,19-20,28H,18H2,1-4H3,(H,34,35)/t19?,20-/m1/s1. The molecule has 1 aliphatic heterocycles. The van der Waals surface area contributed by atoms with Gasteiger partial charge in [-0.3, -0.25) is 14.5 Å². The Morgan fingerprint density at radius 3 is 1.82 bits per heavy atom. The molecule has 1 N–H and O–H groups in total. The van der Waals surface area contributed by atoms with E-state index in [0.29, 0.717) is 11.5 Å². The van der Waals surface area contributed by atoms with Gasteiger partial charge in [-0.15, -0.1) is 0 Å². The molecule has 1 amide bonds. The molecule has 2 atom stereocenters. The lowest BCUT2D eigenvalue weighted by Gasteiger charge is -2.45. The number of aliphatic carboxylic acids is 1. The minimum absolute atomic E-state index is 0.000904. The Balaban J connectivity index is 1.68. The second-order valence-corrected chi connectivity index (χ2v) is 9.27. The van der Waals surface area contributed by atoms with Crippen molar-refractivity contribution in [3.63, 3.8) is 0 Å². The molecule has 3 aromatic carbocycles. The fourth-order valence-electron chi connectivity index (χ4n) is 4.64. The highest BCUT2D eigenvalue weighted by Crippen LogP contribution is 2.44. The van der Waals surface area contributed by atoms with Crippen LogP contribution in [0.15, 0.2) is 90.1 Å². The molecule has 0 bridgehead atoms. The van der Waals surface area contributed by atoms with E-state index in [2.05, 4.69) is 0 Å². The van der Waals surface area contributed by atoms with Gasteiger partial charge in [-0.05, 0) is 54.8 Å². The van der Waals surface area contributed by atoms with Crippen molar-refractivity contribution in [3.05, 3.63) is 107 Å². The molecule has 40 heavy (non-hydrogen) atoms. The van der Waals surface area contributed by atoms with Crippen LogP contribution < -0.4 is 9.47 Å². The number of ether oxygens (including phenoxy) is 4. The molecule has 1 unspecified atom stereocenters. The summed E-state index contributed by atoms with van der Waals surface area (Å²) in [6.07, 6.45) is -1.99. The molecular weight excluding hydrogens is 514 g/mol. The molecule has 1 aliphatic rings. The number of carboxylic acid groups (broad SMARTS) is 1. The first-order valence-electron chi connectivity index (χ1n) is 12.7. The molecule has 0 fully saturated rings. The number of amides is 1. The number of carbonyl (C=O) groups is 3. The van der Waals surface area contributed by atoms with Crippen LogP contribution in [-0.2, 0) is 25.7 Å². The van der Waals surface area contributed by atoms with E-state index in [1.807, 2.05) is 42.5 Å². The van der Waals surface area contributed by atoms with Gasteiger partial charge in [0.2, 0.25) is 0 Å². The summed E-state index contributed by atoms with van der Waals surface area (Å²) in [5, 5.41) is 9.94. The van der Waals surface area contributed by atoms with E-state index in [0.717, 1.165) is 16.7 Å². The topological polar surface area (TPSA) is 112 Å². The molecule has 4 rings (SSSR count). The van der Waals surface area contributed by atoms with Crippen LogP contribution in [0.5, 0.6) is 11.5 Å². The SMILES string of the molecule is COc1ccc(C(c2ccc(OC)cc2)N2C(=O)C([C@@H](C)OC(=O)OCc3ccccc3)=C2C(C)C(=O)O)cc1. The van der Waals surface area contributed by atoms with Crippen molar-refractivity contribution < 1.29 is 38.4 Å². The second kappa shape index (κ2) is 12.4. The van der Waals surface area contributed by atoms with Gasteiger partial charge < -0.3 is 24.1 Å². The predicted octanol–water partition coefficient (Wildman–Crippen LogP) is 5.35. The van der Waals surface area contributed by atoms with Crippen LogP contribution in [0.25, 0.3) is 0 Å². The van der Waals surface area contributed by atoms with E-state index in [1.165, 1.54) is 18.7 Å². The summed E-state index contributed by atoms with van der Waals surface area (Å²) in [7, 11) is 3.12. The van der Waals surface area contributed by atoms with Crippen molar-refractivity contribution in [3.8, 4) is 11.5 Å². The summed E-state index contributed by atoms with van der Waals surface area (Å²) in [6.45, 7) is 3.02. The Kier molecular flexibility index (Phi) is 8.73. The van der Waals surface area contributed by atoms with Crippen molar-refractivity contribution in [1.29, 1.82) is 0 Å². The van der Waals surface area contributed by atoms with E-state index in [9.17, 15) is 19.5 Å². The Morgan fingerprint density at radius 2 is 1.35 bits per heavy atom. The third-order valence-corrected chi connectivity index (χ3v) is 6.77. The fourth-order valence-corrected chi connectivity index (χ4v) is 4.64. The van der Waals surface area contributed by atoms with E-state index in [1.54, 1.807) is 50.6 Å². The van der Waals surface area contributed by atoms with Crippen molar-refractivity contribution >= 4 is 18.0 Å².